The molecule has 0 amide bonds. The summed E-state index contributed by atoms with van der Waals surface area (Å²) >= 11 is 0. The van der Waals surface area contributed by atoms with Gasteiger partial charge in [-0.1, -0.05) is 12.1 Å². The minimum atomic E-state index is -4.90. The molecule has 0 heterocycles. The molecule has 0 fully saturated rings. The van der Waals surface area contributed by atoms with Gasteiger partial charge in [-0.3, -0.25) is 0 Å². The van der Waals surface area contributed by atoms with Crippen LogP contribution < -0.4 is 3.71 Å². The molecule has 0 aromatic heterocycles. The highest BCUT2D eigenvalue weighted by molar-refractivity contribution is 8.30. The summed E-state index contributed by atoms with van der Waals surface area (Å²) in [7, 11) is 0.745. The van der Waals surface area contributed by atoms with Crippen molar-refractivity contribution in [3.8, 4) is 0 Å². The quantitative estimate of drug-likeness (QED) is 0.722. The molecule has 1 aromatic carbocycles. The SMILES string of the molecule is O=S(=O)(Cl)c1ccccc1N(S(=O)(=O)Cl)S(=O)(=O)Cl. The van der Waals surface area contributed by atoms with Crippen molar-refractivity contribution >= 4 is 65.3 Å². The molecule has 0 N–H and O–H groups in total. The Balaban J connectivity index is 3.79. The van der Waals surface area contributed by atoms with Gasteiger partial charge in [-0.25, -0.2) is 8.42 Å². The third-order valence-corrected chi connectivity index (χ3v) is 6.77. The van der Waals surface area contributed by atoms with Crippen molar-refractivity contribution in [2.24, 2.45) is 0 Å². The van der Waals surface area contributed by atoms with Gasteiger partial charge in [0.1, 0.15) is 4.90 Å². The van der Waals surface area contributed by atoms with Gasteiger partial charge in [-0.15, -0.1) is 3.71 Å². The van der Waals surface area contributed by atoms with Gasteiger partial charge in [0.25, 0.3) is 9.05 Å². The number of benzene rings is 1. The summed E-state index contributed by atoms with van der Waals surface area (Å²) in [5.74, 6) is 0. The predicted octanol–water partition coefficient (Wildman–Crippen LogP) is 1.39. The maximum Gasteiger partial charge on any atom is 0.335 e. The monoisotopic (exact) mass is 387 g/mol. The van der Waals surface area contributed by atoms with Crippen molar-refractivity contribution in [1.82, 2.24) is 0 Å². The molecule has 0 unspecified atom stereocenters. The number of anilines is 1. The second-order valence-corrected chi connectivity index (χ2v) is 10.5. The van der Waals surface area contributed by atoms with E-state index in [0.29, 0.717) is 0 Å². The van der Waals surface area contributed by atoms with Crippen LogP contribution in [-0.4, -0.2) is 25.3 Å². The topological polar surface area (TPSA) is 106 Å². The Labute approximate surface area is 123 Å². The maximum atomic E-state index is 11.3. The first-order chi connectivity index (χ1) is 8.35. The number of halogens is 3. The number of hydrogen-bond acceptors (Lipinski definition) is 6. The summed E-state index contributed by atoms with van der Waals surface area (Å²) in [6, 6.07) is 4.15. The Morgan fingerprint density at radius 2 is 1.21 bits per heavy atom. The lowest BCUT2D eigenvalue weighted by Gasteiger charge is -2.18. The molecule has 0 aliphatic heterocycles. The maximum absolute atomic E-state index is 11.3. The van der Waals surface area contributed by atoms with Crippen LogP contribution in [0.2, 0.25) is 0 Å². The number of hydrogen-bond donors (Lipinski definition) is 0. The first-order valence-corrected chi connectivity index (χ1v) is 10.9. The van der Waals surface area contributed by atoms with E-state index >= 15 is 0 Å². The van der Waals surface area contributed by atoms with Gasteiger partial charge in [0.15, 0.2) is 0 Å². The van der Waals surface area contributed by atoms with E-state index in [1.807, 2.05) is 0 Å². The average Bonchev–Trinajstić information content (AvgIpc) is 2.11. The molecule has 7 nitrogen and oxygen atoms in total. The summed E-state index contributed by atoms with van der Waals surface area (Å²) in [5, 5.41) is 0. The Morgan fingerprint density at radius 3 is 1.58 bits per heavy atom. The highest BCUT2D eigenvalue weighted by atomic mass is 35.7. The van der Waals surface area contributed by atoms with Crippen LogP contribution in [0.25, 0.3) is 0 Å². The fraction of sp³-hybridized carbons (Fsp3) is 0. The number of para-hydroxylation sites is 1. The van der Waals surface area contributed by atoms with Crippen LogP contribution in [0.1, 0.15) is 0 Å². The van der Waals surface area contributed by atoms with E-state index in [-0.39, 0.29) is 0 Å². The van der Waals surface area contributed by atoms with Crippen LogP contribution in [0.15, 0.2) is 29.2 Å². The molecule has 0 atom stereocenters. The Hall–Kier alpha value is -0.260. The van der Waals surface area contributed by atoms with Gasteiger partial charge in [-0.2, -0.15) is 16.8 Å². The standard InChI is InChI=1S/C6H4Cl3NO6S3/c7-17(11,12)6-4-2-1-3-5(6)10(18(8,13)14)19(9,15)16/h1-4H. The van der Waals surface area contributed by atoms with Gasteiger partial charge in [0.05, 0.1) is 5.69 Å². The molecule has 13 heteroatoms. The first kappa shape index (κ1) is 16.8. The third kappa shape index (κ3) is 4.10. The predicted molar refractivity (Wildman–Crippen MR) is 71.5 cm³/mol. The van der Waals surface area contributed by atoms with E-state index in [0.717, 1.165) is 12.1 Å². The molecule has 0 aliphatic carbocycles. The van der Waals surface area contributed by atoms with E-state index in [1.54, 1.807) is 0 Å². The second-order valence-electron chi connectivity index (χ2n) is 2.99. The number of rotatable bonds is 4. The summed E-state index contributed by atoms with van der Waals surface area (Å²) in [6.45, 7) is 0. The average molecular weight is 389 g/mol. The summed E-state index contributed by atoms with van der Waals surface area (Å²) in [6.07, 6.45) is 0. The van der Waals surface area contributed by atoms with Crippen LogP contribution in [0.4, 0.5) is 5.69 Å². The van der Waals surface area contributed by atoms with Gasteiger partial charge in [0, 0.05) is 32.0 Å². The molecule has 1 aromatic rings. The van der Waals surface area contributed by atoms with E-state index in [1.165, 1.54) is 12.1 Å². The Morgan fingerprint density at radius 1 is 0.789 bits per heavy atom. The summed E-state index contributed by atoms with van der Waals surface area (Å²) in [4.78, 5) is -0.773. The normalized spacial score (nSPS) is 13.2. The Kier molecular flexibility index (Phi) is 4.65. The largest absolute Gasteiger partial charge is 0.335 e. The Bertz CT molecular complexity index is 768. The molecule has 0 spiro atoms. The molecular weight excluding hydrogens is 385 g/mol. The zero-order valence-corrected chi connectivity index (χ0v) is 13.3. The molecular formula is C6H4Cl3NO6S3. The first-order valence-electron chi connectivity index (χ1n) is 4.08. The molecule has 0 saturated heterocycles. The highest BCUT2D eigenvalue weighted by Gasteiger charge is 2.35. The van der Waals surface area contributed by atoms with Crippen LogP contribution in [-0.2, 0) is 27.5 Å². The second kappa shape index (κ2) is 5.26. The summed E-state index contributed by atoms with van der Waals surface area (Å²) in [5.41, 5.74) is -0.803. The third-order valence-electron chi connectivity index (χ3n) is 1.72. The van der Waals surface area contributed by atoms with Crippen molar-refractivity contribution in [3.63, 3.8) is 0 Å². The lowest BCUT2D eigenvalue weighted by Crippen LogP contribution is -2.31. The van der Waals surface area contributed by atoms with Gasteiger partial charge >= 0.3 is 18.5 Å². The number of nitrogens with zero attached hydrogens (tertiary/aromatic N) is 1. The van der Waals surface area contributed by atoms with Crippen molar-refractivity contribution < 1.29 is 25.3 Å². The fourth-order valence-corrected chi connectivity index (χ4v) is 5.99. The zero-order valence-electron chi connectivity index (χ0n) is 8.56. The minimum Gasteiger partial charge on any atom is -0.207 e. The highest BCUT2D eigenvalue weighted by Crippen LogP contribution is 2.33. The molecule has 1 rings (SSSR count). The summed E-state index contributed by atoms with van der Waals surface area (Å²) < 4.78 is 67.1. The van der Waals surface area contributed by atoms with E-state index < -0.39 is 41.8 Å². The fourth-order valence-electron chi connectivity index (χ4n) is 1.16. The molecule has 19 heavy (non-hydrogen) atoms. The van der Waals surface area contributed by atoms with Crippen LogP contribution in [0.3, 0.4) is 0 Å². The lowest BCUT2D eigenvalue weighted by molar-refractivity contribution is 0.599. The van der Waals surface area contributed by atoms with Crippen molar-refractivity contribution in [1.29, 1.82) is 0 Å². The minimum absolute atomic E-state index is 0.446. The molecule has 0 aliphatic rings. The molecule has 0 saturated carbocycles. The van der Waals surface area contributed by atoms with Crippen molar-refractivity contribution in [2.45, 2.75) is 4.90 Å². The smallest absolute Gasteiger partial charge is 0.207 e. The van der Waals surface area contributed by atoms with E-state index in [4.69, 9.17) is 32.0 Å². The van der Waals surface area contributed by atoms with E-state index in [2.05, 4.69) is 0 Å². The van der Waals surface area contributed by atoms with E-state index in [9.17, 15) is 25.3 Å². The van der Waals surface area contributed by atoms with Gasteiger partial charge in [-0.05, 0) is 12.1 Å². The van der Waals surface area contributed by atoms with Gasteiger partial charge in [0.2, 0.25) is 0 Å². The molecule has 108 valence electrons. The molecule has 0 bridgehead atoms. The van der Waals surface area contributed by atoms with Crippen molar-refractivity contribution in [3.05, 3.63) is 24.3 Å². The van der Waals surface area contributed by atoms with Crippen LogP contribution >= 0.6 is 32.0 Å². The zero-order chi connectivity index (χ0) is 15.1. The van der Waals surface area contributed by atoms with Crippen molar-refractivity contribution in [2.75, 3.05) is 3.71 Å². The van der Waals surface area contributed by atoms with Gasteiger partial charge < -0.3 is 0 Å². The molecule has 0 radical (unpaired) electrons. The van der Waals surface area contributed by atoms with Crippen LogP contribution in [0.5, 0.6) is 0 Å². The van der Waals surface area contributed by atoms with Crippen LogP contribution in [0, 0.1) is 0 Å². The lowest BCUT2D eigenvalue weighted by atomic mass is 10.3.